The highest BCUT2D eigenvalue weighted by Gasteiger charge is 2.18. The van der Waals surface area contributed by atoms with Crippen LogP contribution in [-0.4, -0.2) is 31.1 Å². The molecule has 4 heteroatoms. The van der Waals surface area contributed by atoms with Crippen LogP contribution in [0.1, 0.15) is 25.7 Å². The minimum atomic E-state index is -0.249. The van der Waals surface area contributed by atoms with Crippen molar-refractivity contribution in [2.75, 3.05) is 20.2 Å². The van der Waals surface area contributed by atoms with Crippen molar-refractivity contribution in [2.24, 2.45) is 0 Å². The van der Waals surface area contributed by atoms with Gasteiger partial charge in [0, 0.05) is 6.04 Å². The summed E-state index contributed by atoms with van der Waals surface area (Å²) in [5, 5.41) is 0. The maximum absolute atomic E-state index is 12.9. The van der Waals surface area contributed by atoms with E-state index in [0.29, 0.717) is 17.1 Å². The van der Waals surface area contributed by atoms with Crippen LogP contribution in [0.2, 0.25) is 0 Å². The second-order valence-electron chi connectivity index (χ2n) is 4.84. The number of hydrogen-bond donors (Lipinski definition) is 0. The van der Waals surface area contributed by atoms with Crippen molar-refractivity contribution in [1.29, 1.82) is 0 Å². The molecule has 1 aromatic carbocycles. The summed E-state index contributed by atoms with van der Waals surface area (Å²) in [6, 6.07) is 5.15. The van der Waals surface area contributed by atoms with Gasteiger partial charge in [-0.2, -0.15) is 0 Å². The molecule has 0 spiro atoms. The smallest absolute Gasteiger partial charge is 0.133 e. The zero-order valence-electron chi connectivity index (χ0n) is 10.7. The largest absolute Gasteiger partial charge is 0.492 e. The molecule has 1 saturated heterocycles. The van der Waals surface area contributed by atoms with Crippen LogP contribution in [-0.2, 0) is 0 Å². The van der Waals surface area contributed by atoms with E-state index in [1.54, 1.807) is 6.07 Å². The third kappa shape index (κ3) is 3.69. The Hall–Kier alpha value is -0.610. The average molecular weight is 316 g/mol. The Kier molecular flexibility index (Phi) is 5.01. The van der Waals surface area contributed by atoms with Crippen LogP contribution >= 0.6 is 15.9 Å². The molecule has 1 atom stereocenters. The molecule has 100 valence electrons. The van der Waals surface area contributed by atoms with Gasteiger partial charge in [0.15, 0.2) is 0 Å². The van der Waals surface area contributed by atoms with Gasteiger partial charge in [-0.3, -0.25) is 0 Å². The number of piperidine rings is 1. The van der Waals surface area contributed by atoms with Gasteiger partial charge in [-0.05, 0) is 67.0 Å². The van der Waals surface area contributed by atoms with E-state index in [4.69, 9.17) is 4.74 Å². The standard InChI is InChI=1S/C14H19BrFNO/c1-17-8-3-2-4-12(17)7-9-18-14-6-5-11(16)10-13(14)15/h5-6,10,12H,2-4,7-9H2,1H3. The number of hydrogen-bond acceptors (Lipinski definition) is 2. The number of rotatable bonds is 4. The Morgan fingerprint density at radius 1 is 1.44 bits per heavy atom. The number of ether oxygens (including phenoxy) is 1. The summed E-state index contributed by atoms with van der Waals surface area (Å²) in [6.45, 7) is 1.87. The lowest BCUT2D eigenvalue weighted by Crippen LogP contribution is -2.37. The van der Waals surface area contributed by atoms with Crippen molar-refractivity contribution in [3.8, 4) is 5.75 Å². The predicted octanol–water partition coefficient (Wildman–Crippen LogP) is 3.84. The van der Waals surface area contributed by atoms with Gasteiger partial charge in [-0.1, -0.05) is 6.42 Å². The predicted molar refractivity (Wildman–Crippen MR) is 74.5 cm³/mol. The van der Waals surface area contributed by atoms with E-state index in [1.807, 2.05) is 0 Å². The first kappa shape index (κ1) is 13.8. The zero-order chi connectivity index (χ0) is 13.0. The van der Waals surface area contributed by atoms with E-state index in [-0.39, 0.29) is 5.82 Å². The highest BCUT2D eigenvalue weighted by Crippen LogP contribution is 2.26. The fraction of sp³-hybridized carbons (Fsp3) is 0.571. The van der Waals surface area contributed by atoms with E-state index in [9.17, 15) is 4.39 Å². The molecule has 0 aliphatic carbocycles. The number of nitrogens with zero attached hydrogens (tertiary/aromatic N) is 1. The van der Waals surface area contributed by atoms with Crippen LogP contribution < -0.4 is 4.74 Å². The van der Waals surface area contributed by atoms with Gasteiger partial charge in [-0.15, -0.1) is 0 Å². The molecule has 0 aromatic heterocycles. The summed E-state index contributed by atoms with van der Waals surface area (Å²) in [5.74, 6) is 0.469. The number of likely N-dealkylation sites (tertiary alicyclic amines) is 1. The van der Waals surface area contributed by atoms with Gasteiger partial charge in [0.05, 0.1) is 11.1 Å². The molecule has 1 aliphatic heterocycles. The van der Waals surface area contributed by atoms with Crippen molar-refractivity contribution < 1.29 is 9.13 Å². The van der Waals surface area contributed by atoms with Crippen LogP contribution in [0.25, 0.3) is 0 Å². The molecule has 1 aromatic rings. The first-order chi connectivity index (χ1) is 8.66. The minimum Gasteiger partial charge on any atom is -0.492 e. The number of benzene rings is 1. The normalized spacial score (nSPS) is 20.9. The lowest BCUT2D eigenvalue weighted by molar-refractivity contribution is 0.153. The van der Waals surface area contributed by atoms with E-state index in [2.05, 4.69) is 27.9 Å². The van der Waals surface area contributed by atoms with Crippen LogP contribution in [0.15, 0.2) is 22.7 Å². The molecular weight excluding hydrogens is 297 g/mol. The van der Waals surface area contributed by atoms with Gasteiger partial charge >= 0.3 is 0 Å². The van der Waals surface area contributed by atoms with Gasteiger partial charge in [0.25, 0.3) is 0 Å². The summed E-state index contributed by atoms with van der Waals surface area (Å²) in [4.78, 5) is 2.41. The molecule has 0 radical (unpaired) electrons. The van der Waals surface area contributed by atoms with Crippen LogP contribution in [0.5, 0.6) is 5.75 Å². The SMILES string of the molecule is CN1CCCCC1CCOc1ccc(F)cc1Br. The molecule has 18 heavy (non-hydrogen) atoms. The van der Waals surface area contributed by atoms with E-state index in [0.717, 1.165) is 12.2 Å². The molecule has 2 rings (SSSR count). The first-order valence-electron chi connectivity index (χ1n) is 6.45. The molecule has 1 heterocycles. The fourth-order valence-electron chi connectivity index (χ4n) is 2.41. The second kappa shape index (κ2) is 6.53. The lowest BCUT2D eigenvalue weighted by Gasteiger charge is -2.32. The van der Waals surface area contributed by atoms with E-state index in [1.165, 1.54) is 37.9 Å². The quantitative estimate of drug-likeness (QED) is 0.837. The van der Waals surface area contributed by atoms with Gasteiger partial charge < -0.3 is 9.64 Å². The maximum atomic E-state index is 12.9. The molecular formula is C14H19BrFNO. The van der Waals surface area contributed by atoms with Crippen molar-refractivity contribution >= 4 is 15.9 Å². The summed E-state index contributed by atoms with van der Waals surface area (Å²) < 4.78 is 19.3. The number of halogens is 2. The zero-order valence-corrected chi connectivity index (χ0v) is 12.2. The van der Waals surface area contributed by atoms with Crippen LogP contribution in [0.4, 0.5) is 4.39 Å². The molecule has 0 N–H and O–H groups in total. The third-order valence-corrected chi connectivity index (χ3v) is 4.14. The third-order valence-electron chi connectivity index (χ3n) is 3.52. The van der Waals surface area contributed by atoms with Gasteiger partial charge in [-0.25, -0.2) is 4.39 Å². The Balaban J connectivity index is 1.81. The van der Waals surface area contributed by atoms with Crippen molar-refractivity contribution in [2.45, 2.75) is 31.7 Å². The molecule has 0 saturated carbocycles. The van der Waals surface area contributed by atoms with Crippen LogP contribution in [0, 0.1) is 5.82 Å². The summed E-state index contributed by atoms with van der Waals surface area (Å²) in [5.41, 5.74) is 0. The van der Waals surface area contributed by atoms with Crippen molar-refractivity contribution in [3.05, 3.63) is 28.5 Å². The maximum Gasteiger partial charge on any atom is 0.133 e. The highest BCUT2D eigenvalue weighted by atomic mass is 79.9. The fourth-order valence-corrected chi connectivity index (χ4v) is 2.87. The Morgan fingerprint density at radius 2 is 2.28 bits per heavy atom. The molecule has 1 aliphatic rings. The molecule has 2 nitrogen and oxygen atoms in total. The van der Waals surface area contributed by atoms with E-state index < -0.39 is 0 Å². The van der Waals surface area contributed by atoms with Gasteiger partial charge in [0.2, 0.25) is 0 Å². The topological polar surface area (TPSA) is 12.5 Å². The Bertz CT molecular complexity index is 399. The molecule has 1 unspecified atom stereocenters. The summed E-state index contributed by atoms with van der Waals surface area (Å²) in [6.07, 6.45) is 4.90. The lowest BCUT2D eigenvalue weighted by atomic mass is 10.0. The Morgan fingerprint density at radius 3 is 3.00 bits per heavy atom. The van der Waals surface area contributed by atoms with Gasteiger partial charge in [0.1, 0.15) is 11.6 Å². The van der Waals surface area contributed by atoms with Crippen molar-refractivity contribution in [1.82, 2.24) is 4.90 Å². The van der Waals surface area contributed by atoms with E-state index >= 15 is 0 Å². The average Bonchev–Trinajstić information content (AvgIpc) is 2.34. The second-order valence-corrected chi connectivity index (χ2v) is 5.70. The highest BCUT2D eigenvalue weighted by molar-refractivity contribution is 9.10. The summed E-state index contributed by atoms with van der Waals surface area (Å²) >= 11 is 3.31. The molecule has 0 amide bonds. The van der Waals surface area contributed by atoms with Crippen molar-refractivity contribution in [3.63, 3.8) is 0 Å². The Labute approximate surface area is 116 Å². The van der Waals surface area contributed by atoms with Crippen LogP contribution in [0.3, 0.4) is 0 Å². The first-order valence-corrected chi connectivity index (χ1v) is 7.24. The molecule has 1 fully saturated rings. The molecule has 0 bridgehead atoms. The summed E-state index contributed by atoms with van der Waals surface area (Å²) in [7, 11) is 2.18. The minimum absolute atomic E-state index is 0.249. The monoisotopic (exact) mass is 315 g/mol.